The highest BCUT2D eigenvalue weighted by molar-refractivity contribution is 5.29. The second-order valence-corrected chi connectivity index (χ2v) is 11.2. The van der Waals surface area contributed by atoms with Crippen molar-refractivity contribution in [2.75, 3.05) is 39.5 Å². The predicted octanol–water partition coefficient (Wildman–Crippen LogP) is 8.68. The molecule has 238 valence electrons. The zero-order chi connectivity index (χ0) is 30.1. The minimum atomic E-state index is 0.155. The van der Waals surface area contributed by atoms with Crippen LogP contribution in [0, 0.1) is 0 Å². The van der Waals surface area contributed by atoms with Crippen LogP contribution < -0.4 is 20.9 Å². The molecule has 2 rings (SSSR count). The van der Waals surface area contributed by atoms with E-state index in [1.165, 1.54) is 36.8 Å². The van der Waals surface area contributed by atoms with Gasteiger partial charge in [-0.2, -0.15) is 0 Å². The largest absolute Gasteiger partial charge is 0.494 e. The summed E-state index contributed by atoms with van der Waals surface area (Å²) in [6.45, 7) is 9.03. The molecule has 42 heavy (non-hydrogen) atoms. The first-order valence-corrected chi connectivity index (χ1v) is 16.8. The monoisotopic (exact) mass is 584 g/mol. The number of ether oxygens (including phenoxy) is 4. The minimum absolute atomic E-state index is 0.155. The molecule has 6 heteroatoms. The van der Waals surface area contributed by atoms with Gasteiger partial charge in [-0.25, -0.2) is 0 Å². The Labute approximate surface area is 256 Å². The van der Waals surface area contributed by atoms with Gasteiger partial charge >= 0.3 is 0 Å². The Morgan fingerprint density at radius 1 is 0.452 bits per heavy atom. The van der Waals surface area contributed by atoms with Crippen molar-refractivity contribution in [1.29, 1.82) is 0 Å². The first-order chi connectivity index (χ1) is 20.7. The molecule has 0 radical (unpaired) electrons. The van der Waals surface area contributed by atoms with Gasteiger partial charge in [-0.3, -0.25) is 0 Å². The summed E-state index contributed by atoms with van der Waals surface area (Å²) in [5.41, 5.74) is 13.6. The molecule has 6 nitrogen and oxygen atoms in total. The minimum Gasteiger partial charge on any atom is -0.494 e. The van der Waals surface area contributed by atoms with Crippen LogP contribution in [-0.2, 0) is 9.47 Å². The maximum atomic E-state index is 6.13. The van der Waals surface area contributed by atoms with Gasteiger partial charge in [0.05, 0.1) is 25.4 Å². The lowest BCUT2D eigenvalue weighted by Crippen LogP contribution is -2.05. The number of rotatable bonds is 27. The van der Waals surface area contributed by atoms with Gasteiger partial charge in [0, 0.05) is 13.2 Å². The van der Waals surface area contributed by atoms with Crippen LogP contribution >= 0.6 is 0 Å². The third-order valence-electron chi connectivity index (χ3n) is 7.66. The molecule has 0 aliphatic carbocycles. The summed E-state index contributed by atoms with van der Waals surface area (Å²) >= 11 is 0. The highest BCUT2D eigenvalue weighted by Gasteiger charge is 2.11. The van der Waals surface area contributed by atoms with Gasteiger partial charge in [-0.1, -0.05) is 63.8 Å². The zero-order valence-electron chi connectivity index (χ0n) is 26.7. The van der Waals surface area contributed by atoms with Crippen LogP contribution in [0.25, 0.3) is 0 Å². The van der Waals surface area contributed by atoms with Crippen LogP contribution in [0.4, 0.5) is 0 Å². The number of hydrogen-bond donors (Lipinski definition) is 2. The Kier molecular flexibility index (Phi) is 20.9. The van der Waals surface area contributed by atoms with Crippen molar-refractivity contribution < 1.29 is 18.9 Å². The smallest absolute Gasteiger partial charge is 0.119 e. The summed E-state index contributed by atoms with van der Waals surface area (Å²) in [6.07, 6.45) is 15.8. The lowest BCUT2D eigenvalue weighted by atomic mass is 10.1. The molecule has 4 N–H and O–H groups in total. The Bertz CT molecular complexity index is 801. The van der Waals surface area contributed by atoms with E-state index in [1.807, 2.05) is 0 Å². The highest BCUT2D eigenvalue weighted by Crippen LogP contribution is 2.25. The van der Waals surface area contributed by atoms with Crippen molar-refractivity contribution in [2.45, 2.75) is 116 Å². The van der Waals surface area contributed by atoms with Gasteiger partial charge in [0.2, 0.25) is 0 Å². The molecule has 2 aromatic rings. The molecule has 0 amide bonds. The molecule has 2 unspecified atom stereocenters. The number of nitrogens with two attached hydrogens (primary N) is 2. The predicted molar refractivity (Wildman–Crippen MR) is 175 cm³/mol. The summed E-state index contributed by atoms with van der Waals surface area (Å²) in [5.74, 6) is 1.86. The molecule has 0 fully saturated rings. The van der Waals surface area contributed by atoms with Crippen LogP contribution in [0.1, 0.15) is 127 Å². The summed E-state index contributed by atoms with van der Waals surface area (Å²) in [6, 6.07) is 16.9. The Balaban J connectivity index is 1.53. The second-order valence-electron chi connectivity index (χ2n) is 11.2. The van der Waals surface area contributed by atoms with Crippen molar-refractivity contribution in [1.82, 2.24) is 0 Å². The van der Waals surface area contributed by atoms with Crippen LogP contribution in [0.3, 0.4) is 0 Å². The van der Waals surface area contributed by atoms with Gasteiger partial charge in [0.1, 0.15) is 11.5 Å². The Hall–Kier alpha value is -2.12. The standard InChI is InChI=1S/C36H60N2O4/c1-3-35(41-29-15-7-5-11-25-37)31-17-21-33(22-18-31)39-27-13-9-10-14-28-40-34-23-19-32(20-24-34)36(4-2)42-30-16-8-6-12-26-38/h17-24,35-36H,3-16,25-30,37-38H2,1-2H3. The van der Waals surface area contributed by atoms with Gasteiger partial charge in [-0.05, 0) is 113 Å². The highest BCUT2D eigenvalue weighted by atomic mass is 16.5. The Morgan fingerprint density at radius 2 is 0.786 bits per heavy atom. The van der Waals surface area contributed by atoms with Crippen LogP contribution in [0.15, 0.2) is 48.5 Å². The average Bonchev–Trinajstić information content (AvgIpc) is 3.02. The molecular weight excluding hydrogens is 524 g/mol. The molecular formula is C36H60N2O4. The van der Waals surface area contributed by atoms with E-state index in [4.69, 9.17) is 30.4 Å². The maximum Gasteiger partial charge on any atom is 0.119 e. The zero-order valence-corrected chi connectivity index (χ0v) is 26.7. The Morgan fingerprint density at radius 3 is 1.12 bits per heavy atom. The van der Waals surface area contributed by atoms with Crippen molar-refractivity contribution in [3.63, 3.8) is 0 Å². The topological polar surface area (TPSA) is 89.0 Å². The fourth-order valence-electron chi connectivity index (χ4n) is 5.05. The summed E-state index contributed by atoms with van der Waals surface area (Å²) in [4.78, 5) is 0. The molecule has 0 saturated carbocycles. The van der Waals surface area contributed by atoms with Gasteiger partial charge in [-0.15, -0.1) is 0 Å². The summed E-state index contributed by atoms with van der Waals surface area (Å²) in [7, 11) is 0. The normalized spacial score (nSPS) is 12.8. The third kappa shape index (κ3) is 15.9. The summed E-state index contributed by atoms with van der Waals surface area (Å²) in [5, 5.41) is 0. The van der Waals surface area contributed by atoms with Crippen molar-refractivity contribution >= 4 is 0 Å². The lowest BCUT2D eigenvalue weighted by Gasteiger charge is -2.17. The molecule has 0 saturated heterocycles. The molecule has 0 bridgehead atoms. The number of unbranched alkanes of at least 4 members (excludes halogenated alkanes) is 9. The van der Waals surface area contributed by atoms with Crippen molar-refractivity contribution in [3.8, 4) is 11.5 Å². The number of benzene rings is 2. The molecule has 0 spiro atoms. The molecule has 0 aliphatic heterocycles. The van der Waals surface area contributed by atoms with Gasteiger partial charge in [0.15, 0.2) is 0 Å². The van der Waals surface area contributed by atoms with E-state index < -0.39 is 0 Å². The van der Waals surface area contributed by atoms with E-state index in [9.17, 15) is 0 Å². The number of hydrogen-bond acceptors (Lipinski definition) is 6. The van der Waals surface area contributed by atoms with Crippen molar-refractivity contribution in [2.24, 2.45) is 11.5 Å². The fourth-order valence-corrected chi connectivity index (χ4v) is 5.05. The summed E-state index contributed by atoms with van der Waals surface area (Å²) < 4.78 is 24.2. The molecule has 2 atom stereocenters. The fraction of sp³-hybridized carbons (Fsp3) is 0.667. The molecule has 2 aromatic carbocycles. The lowest BCUT2D eigenvalue weighted by molar-refractivity contribution is 0.0472. The average molecular weight is 585 g/mol. The first-order valence-electron chi connectivity index (χ1n) is 16.8. The van der Waals surface area contributed by atoms with Crippen molar-refractivity contribution in [3.05, 3.63) is 59.7 Å². The van der Waals surface area contributed by atoms with E-state index in [0.717, 1.165) is 115 Å². The van der Waals surface area contributed by atoms with Crippen LogP contribution in [0.2, 0.25) is 0 Å². The van der Waals surface area contributed by atoms with Crippen LogP contribution in [-0.4, -0.2) is 39.5 Å². The molecule has 0 heterocycles. The van der Waals surface area contributed by atoms with Gasteiger partial charge in [0.25, 0.3) is 0 Å². The second kappa shape index (κ2) is 24.3. The van der Waals surface area contributed by atoms with E-state index in [-0.39, 0.29) is 12.2 Å². The van der Waals surface area contributed by atoms with E-state index in [2.05, 4.69) is 62.4 Å². The van der Waals surface area contributed by atoms with E-state index >= 15 is 0 Å². The van der Waals surface area contributed by atoms with E-state index in [0.29, 0.717) is 0 Å². The van der Waals surface area contributed by atoms with Crippen LogP contribution in [0.5, 0.6) is 11.5 Å². The first kappa shape index (κ1) is 36.1. The SMILES string of the molecule is CCC(OCCCCCCN)c1ccc(OCCCCCCOc2ccc(C(CC)OCCCCCCN)cc2)cc1. The molecule has 0 aromatic heterocycles. The quantitative estimate of drug-likeness (QED) is 0.102. The third-order valence-corrected chi connectivity index (χ3v) is 7.66. The molecule has 0 aliphatic rings. The maximum absolute atomic E-state index is 6.13. The van der Waals surface area contributed by atoms with E-state index in [1.54, 1.807) is 0 Å². The van der Waals surface area contributed by atoms with Gasteiger partial charge < -0.3 is 30.4 Å².